The molecule has 1 aliphatic heterocycles. The molecule has 134 valence electrons. The highest BCUT2D eigenvalue weighted by molar-refractivity contribution is 7.16. The fourth-order valence-electron chi connectivity index (χ4n) is 3.13. The van der Waals surface area contributed by atoms with Gasteiger partial charge in [-0.3, -0.25) is 4.79 Å². The summed E-state index contributed by atoms with van der Waals surface area (Å²) in [7, 11) is 0. The Kier molecular flexibility index (Phi) is 6.73. The van der Waals surface area contributed by atoms with Gasteiger partial charge in [0.1, 0.15) is 32.7 Å². The van der Waals surface area contributed by atoms with Crippen LogP contribution in [0.25, 0.3) is 0 Å². The summed E-state index contributed by atoms with van der Waals surface area (Å²) in [5, 5.41) is 3.67. The van der Waals surface area contributed by atoms with E-state index in [-0.39, 0.29) is 5.91 Å². The first kappa shape index (κ1) is 18.7. The van der Waals surface area contributed by atoms with Crippen LogP contribution in [-0.4, -0.2) is 38.6 Å². The number of hydrogen-bond donors (Lipinski definition) is 3. The van der Waals surface area contributed by atoms with Gasteiger partial charge in [-0.15, -0.1) is 11.3 Å². The highest BCUT2D eigenvalue weighted by Gasteiger charge is 2.25. The number of nitrogens with one attached hydrogen (secondary N) is 3. The second-order valence-electron chi connectivity index (χ2n) is 6.43. The van der Waals surface area contributed by atoms with Crippen LogP contribution in [0.15, 0.2) is 36.4 Å². The number of thiophene rings is 1. The Morgan fingerprint density at radius 3 is 2.44 bits per heavy atom. The molecule has 0 bridgehead atoms. The van der Waals surface area contributed by atoms with Gasteiger partial charge in [0.2, 0.25) is 0 Å². The average Bonchev–Trinajstić information content (AvgIpc) is 3.01. The lowest BCUT2D eigenvalue weighted by Crippen LogP contribution is -3.28. The van der Waals surface area contributed by atoms with Crippen LogP contribution in [-0.2, 0) is 17.9 Å². The maximum absolute atomic E-state index is 12.2. The van der Waals surface area contributed by atoms with Crippen molar-refractivity contribution in [3.63, 3.8) is 0 Å². The van der Waals surface area contributed by atoms with Crippen LogP contribution in [0.1, 0.15) is 10.4 Å². The molecule has 1 saturated heterocycles. The molecule has 0 aliphatic carbocycles. The summed E-state index contributed by atoms with van der Waals surface area (Å²) in [5.74, 6) is 0.0865. The fourth-order valence-corrected chi connectivity index (χ4v) is 4.49. The average molecular weight is 400 g/mol. The van der Waals surface area contributed by atoms with Crippen molar-refractivity contribution in [1.29, 1.82) is 0 Å². The minimum atomic E-state index is 0.0865. The van der Waals surface area contributed by atoms with Gasteiger partial charge in [0, 0.05) is 11.6 Å². The number of benzene rings is 1. The standard InChI is InChI=1S/C18H21Cl2N3OS/c19-16-4-2-1-3-14(16)11-21-18(24)13-23-9-7-22(8-10-23)12-15-5-6-17(20)25-15/h1-6H,7-13H2,(H,21,24)/p+2. The summed E-state index contributed by atoms with van der Waals surface area (Å²) < 4.78 is 0.855. The van der Waals surface area contributed by atoms with E-state index in [0.29, 0.717) is 18.1 Å². The summed E-state index contributed by atoms with van der Waals surface area (Å²) in [4.78, 5) is 16.4. The van der Waals surface area contributed by atoms with E-state index in [1.807, 2.05) is 30.3 Å². The zero-order chi connectivity index (χ0) is 17.6. The van der Waals surface area contributed by atoms with Crippen LogP contribution in [0.2, 0.25) is 9.36 Å². The lowest BCUT2D eigenvalue weighted by atomic mass is 10.2. The molecule has 4 nitrogen and oxygen atoms in total. The van der Waals surface area contributed by atoms with Crippen molar-refractivity contribution in [3.8, 4) is 0 Å². The third-order valence-corrected chi connectivity index (χ3v) is 6.16. The Labute approximate surface area is 162 Å². The summed E-state index contributed by atoms with van der Waals surface area (Å²) in [6.07, 6.45) is 0. The van der Waals surface area contributed by atoms with E-state index in [0.717, 1.165) is 42.6 Å². The molecule has 1 aromatic carbocycles. The number of halogens is 2. The van der Waals surface area contributed by atoms with Gasteiger partial charge in [0.25, 0.3) is 5.91 Å². The zero-order valence-corrected chi connectivity index (χ0v) is 16.3. The normalized spacial score (nSPS) is 20.4. The Morgan fingerprint density at radius 1 is 1.04 bits per heavy atom. The van der Waals surface area contributed by atoms with Crippen molar-refractivity contribution in [2.45, 2.75) is 13.1 Å². The highest BCUT2D eigenvalue weighted by Crippen LogP contribution is 2.20. The molecule has 7 heteroatoms. The fraction of sp³-hybridized carbons (Fsp3) is 0.389. The van der Waals surface area contributed by atoms with E-state index >= 15 is 0 Å². The maximum atomic E-state index is 12.2. The van der Waals surface area contributed by atoms with E-state index in [9.17, 15) is 4.79 Å². The van der Waals surface area contributed by atoms with Crippen LogP contribution >= 0.6 is 34.5 Å². The Bertz CT molecular complexity index is 714. The predicted molar refractivity (Wildman–Crippen MR) is 103 cm³/mol. The molecule has 25 heavy (non-hydrogen) atoms. The quantitative estimate of drug-likeness (QED) is 0.655. The molecule has 3 rings (SSSR count). The molecule has 1 aromatic heterocycles. The lowest BCUT2D eigenvalue weighted by Gasteiger charge is -2.29. The Morgan fingerprint density at radius 2 is 1.76 bits per heavy atom. The van der Waals surface area contributed by atoms with Crippen molar-refractivity contribution in [2.75, 3.05) is 32.7 Å². The van der Waals surface area contributed by atoms with Gasteiger partial charge in [-0.2, -0.15) is 0 Å². The highest BCUT2D eigenvalue weighted by atomic mass is 35.5. The monoisotopic (exact) mass is 399 g/mol. The van der Waals surface area contributed by atoms with Gasteiger partial charge in [0.15, 0.2) is 6.54 Å². The molecule has 0 radical (unpaired) electrons. The van der Waals surface area contributed by atoms with E-state index in [1.165, 1.54) is 9.78 Å². The Balaban J connectivity index is 1.38. The predicted octanol–water partition coefficient (Wildman–Crippen LogP) is 0.655. The smallest absolute Gasteiger partial charge is 0.275 e. The molecular weight excluding hydrogens is 377 g/mol. The molecule has 3 N–H and O–H groups in total. The molecule has 2 aromatic rings. The SMILES string of the molecule is O=C(C[NH+]1CC[NH+](Cc2ccc(Cl)s2)CC1)NCc1ccccc1Cl. The summed E-state index contributed by atoms with van der Waals surface area (Å²) in [5.41, 5.74) is 0.955. The summed E-state index contributed by atoms with van der Waals surface area (Å²) >= 11 is 13.8. The number of rotatable bonds is 6. The molecule has 0 saturated carbocycles. The molecule has 0 spiro atoms. The van der Waals surface area contributed by atoms with Gasteiger partial charge in [0.05, 0.1) is 9.21 Å². The second kappa shape index (κ2) is 9.01. The van der Waals surface area contributed by atoms with E-state index in [2.05, 4.69) is 11.4 Å². The Hall–Kier alpha value is -1.11. The number of piperazine rings is 1. The zero-order valence-electron chi connectivity index (χ0n) is 14.0. The van der Waals surface area contributed by atoms with E-state index in [4.69, 9.17) is 23.2 Å². The van der Waals surface area contributed by atoms with Crippen molar-refractivity contribution < 1.29 is 14.6 Å². The van der Waals surface area contributed by atoms with Crippen LogP contribution in [0.4, 0.5) is 0 Å². The van der Waals surface area contributed by atoms with Gasteiger partial charge >= 0.3 is 0 Å². The van der Waals surface area contributed by atoms with Gasteiger partial charge < -0.3 is 15.1 Å². The maximum Gasteiger partial charge on any atom is 0.275 e. The first-order valence-electron chi connectivity index (χ1n) is 8.51. The van der Waals surface area contributed by atoms with Crippen LogP contribution < -0.4 is 15.1 Å². The third-order valence-electron chi connectivity index (χ3n) is 4.56. The first-order valence-corrected chi connectivity index (χ1v) is 10.1. The number of amides is 1. The van der Waals surface area contributed by atoms with Crippen molar-refractivity contribution in [1.82, 2.24) is 5.32 Å². The van der Waals surface area contributed by atoms with Crippen molar-refractivity contribution in [3.05, 3.63) is 56.2 Å². The molecule has 0 unspecified atom stereocenters. The largest absolute Gasteiger partial charge is 0.347 e. The van der Waals surface area contributed by atoms with Gasteiger partial charge in [-0.1, -0.05) is 41.4 Å². The summed E-state index contributed by atoms with van der Waals surface area (Å²) in [6, 6.07) is 11.7. The minimum Gasteiger partial charge on any atom is -0.347 e. The lowest BCUT2D eigenvalue weighted by molar-refractivity contribution is -1.01. The van der Waals surface area contributed by atoms with Crippen molar-refractivity contribution >= 4 is 40.4 Å². The molecular formula is C18H23Cl2N3OS+2. The number of hydrogen-bond acceptors (Lipinski definition) is 2. The molecule has 1 aliphatic rings. The molecule has 1 fully saturated rings. The molecule has 2 heterocycles. The van der Waals surface area contributed by atoms with Crippen LogP contribution in [0.3, 0.4) is 0 Å². The molecule has 0 atom stereocenters. The van der Waals surface area contributed by atoms with Crippen molar-refractivity contribution in [2.24, 2.45) is 0 Å². The second-order valence-corrected chi connectivity index (χ2v) is 8.63. The number of carbonyl (C=O) groups excluding carboxylic acids is 1. The first-order chi connectivity index (χ1) is 12.1. The third kappa shape index (κ3) is 5.69. The minimum absolute atomic E-state index is 0.0865. The summed E-state index contributed by atoms with van der Waals surface area (Å²) in [6.45, 7) is 6.27. The number of carbonyl (C=O) groups is 1. The van der Waals surface area contributed by atoms with Crippen LogP contribution in [0.5, 0.6) is 0 Å². The number of quaternary nitrogens is 2. The van der Waals surface area contributed by atoms with Gasteiger partial charge in [-0.05, 0) is 23.8 Å². The topological polar surface area (TPSA) is 38.0 Å². The van der Waals surface area contributed by atoms with Crippen LogP contribution in [0, 0.1) is 0 Å². The van der Waals surface area contributed by atoms with Gasteiger partial charge in [-0.25, -0.2) is 0 Å². The van der Waals surface area contributed by atoms with E-state index < -0.39 is 0 Å². The molecule has 1 amide bonds. The van der Waals surface area contributed by atoms with E-state index in [1.54, 1.807) is 16.2 Å².